The molecule has 0 fully saturated rings. The Labute approximate surface area is 120 Å². The van der Waals surface area contributed by atoms with Gasteiger partial charge in [0.1, 0.15) is 0 Å². The zero-order valence-corrected chi connectivity index (χ0v) is 12.4. The van der Waals surface area contributed by atoms with Gasteiger partial charge in [-0.05, 0) is 38.6 Å². The van der Waals surface area contributed by atoms with Gasteiger partial charge in [-0.15, -0.1) is 0 Å². The van der Waals surface area contributed by atoms with E-state index in [4.69, 9.17) is 0 Å². The summed E-state index contributed by atoms with van der Waals surface area (Å²) in [5.41, 5.74) is 4.37. The normalized spacial score (nSPS) is 12.7. The quantitative estimate of drug-likeness (QED) is 0.907. The fourth-order valence-electron chi connectivity index (χ4n) is 2.44. The van der Waals surface area contributed by atoms with E-state index in [1.807, 2.05) is 37.4 Å². The minimum atomic E-state index is -0.470. The van der Waals surface area contributed by atoms with Crippen LogP contribution in [0.3, 0.4) is 0 Å². The highest BCUT2D eigenvalue weighted by molar-refractivity contribution is 5.30. The number of aliphatic hydroxyl groups excluding tert-OH is 1. The lowest BCUT2D eigenvalue weighted by Gasteiger charge is -2.21. The molecule has 0 saturated carbocycles. The van der Waals surface area contributed by atoms with Gasteiger partial charge in [0.05, 0.1) is 11.8 Å². The molecule has 20 heavy (non-hydrogen) atoms. The SMILES string of the molecule is Cc1cc(C)cc(C(O)CN(C)Cc2ccccn2)c1. The lowest BCUT2D eigenvalue weighted by Crippen LogP contribution is -2.24. The molecule has 106 valence electrons. The minimum Gasteiger partial charge on any atom is -0.387 e. The topological polar surface area (TPSA) is 36.4 Å². The molecule has 0 bridgehead atoms. The standard InChI is InChI=1S/C17H22N2O/c1-13-8-14(2)10-15(9-13)17(20)12-19(3)11-16-6-4-5-7-18-16/h4-10,17,20H,11-12H2,1-3H3. The Morgan fingerprint density at radius 3 is 2.45 bits per heavy atom. The molecule has 0 aliphatic carbocycles. The summed E-state index contributed by atoms with van der Waals surface area (Å²) in [5, 5.41) is 10.4. The molecule has 1 aromatic heterocycles. The number of pyridine rings is 1. The maximum atomic E-state index is 10.4. The molecule has 1 atom stereocenters. The summed E-state index contributed by atoms with van der Waals surface area (Å²) in [6.07, 6.45) is 1.33. The van der Waals surface area contributed by atoms with Crippen LogP contribution in [0.1, 0.15) is 28.5 Å². The van der Waals surface area contributed by atoms with Gasteiger partial charge in [-0.1, -0.05) is 35.4 Å². The van der Waals surface area contributed by atoms with Crippen LogP contribution in [-0.2, 0) is 6.54 Å². The largest absolute Gasteiger partial charge is 0.387 e. The Morgan fingerprint density at radius 1 is 1.15 bits per heavy atom. The lowest BCUT2D eigenvalue weighted by atomic mass is 10.0. The summed E-state index contributed by atoms with van der Waals surface area (Å²) >= 11 is 0. The van der Waals surface area contributed by atoms with Crippen LogP contribution in [0, 0.1) is 13.8 Å². The van der Waals surface area contributed by atoms with Gasteiger partial charge in [0.25, 0.3) is 0 Å². The molecule has 0 aliphatic rings. The highest BCUT2D eigenvalue weighted by Crippen LogP contribution is 2.18. The number of aliphatic hydroxyl groups is 1. The number of rotatable bonds is 5. The van der Waals surface area contributed by atoms with Gasteiger partial charge in [-0.2, -0.15) is 0 Å². The van der Waals surface area contributed by atoms with Crippen LogP contribution in [0.4, 0.5) is 0 Å². The summed E-state index contributed by atoms with van der Waals surface area (Å²) in [7, 11) is 2.00. The van der Waals surface area contributed by atoms with Crippen molar-refractivity contribution in [3.8, 4) is 0 Å². The fraction of sp³-hybridized carbons (Fsp3) is 0.353. The van der Waals surface area contributed by atoms with Crippen molar-refractivity contribution in [3.05, 3.63) is 65.0 Å². The molecule has 0 radical (unpaired) electrons. The number of nitrogens with zero attached hydrogens (tertiary/aromatic N) is 2. The Morgan fingerprint density at radius 2 is 1.85 bits per heavy atom. The number of hydrogen-bond donors (Lipinski definition) is 1. The third-order valence-corrected chi connectivity index (χ3v) is 3.27. The molecule has 1 N–H and O–H groups in total. The average molecular weight is 270 g/mol. The predicted molar refractivity (Wildman–Crippen MR) is 81.4 cm³/mol. The molecule has 0 spiro atoms. The van der Waals surface area contributed by atoms with E-state index >= 15 is 0 Å². The van der Waals surface area contributed by atoms with Gasteiger partial charge in [0.2, 0.25) is 0 Å². The molecular weight excluding hydrogens is 248 g/mol. The lowest BCUT2D eigenvalue weighted by molar-refractivity contribution is 0.123. The number of benzene rings is 1. The third kappa shape index (κ3) is 4.15. The van der Waals surface area contributed by atoms with Crippen LogP contribution in [0.5, 0.6) is 0 Å². The van der Waals surface area contributed by atoms with Crippen LogP contribution in [0.15, 0.2) is 42.6 Å². The maximum absolute atomic E-state index is 10.4. The summed E-state index contributed by atoms with van der Waals surface area (Å²) in [6.45, 7) is 5.45. The van der Waals surface area contributed by atoms with E-state index in [-0.39, 0.29) is 0 Å². The van der Waals surface area contributed by atoms with Gasteiger partial charge in [0, 0.05) is 19.3 Å². The molecule has 1 unspecified atom stereocenters. The van der Waals surface area contributed by atoms with Crippen molar-refractivity contribution in [3.63, 3.8) is 0 Å². The van der Waals surface area contributed by atoms with Crippen LogP contribution in [0.2, 0.25) is 0 Å². The second-order valence-corrected chi connectivity index (χ2v) is 5.45. The van der Waals surface area contributed by atoms with E-state index in [1.165, 1.54) is 11.1 Å². The zero-order chi connectivity index (χ0) is 14.5. The number of likely N-dealkylation sites (N-methyl/N-ethyl adjacent to an activating group) is 1. The van der Waals surface area contributed by atoms with E-state index in [2.05, 4.69) is 29.8 Å². The number of aryl methyl sites for hydroxylation is 2. The maximum Gasteiger partial charge on any atom is 0.0917 e. The van der Waals surface area contributed by atoms with Gasteiger partial charge < -0.3 is 5.11 Å². The molecule has 2 aromatic rings. The van der Waals surface area contributed by atoms with Crippen LogP contribution < -0.4 is 0 Å². The molecule has 1 heterocycles. The fourth-order valence-corrected chi connectivity index (χ4v) is 2.44. The van der Waals surface area contributed by atoms with Gasteiger partial charge >= 0.3 is 0 Å². The molecule has 3 heteroatoms. The van der Waals surface area contributed by atoms with Crippen molar-refractivity contribution in [2.75, 3.05) is 13.6 Å². The summed E-state index contributed by atoms with van der Waals surface area (Å²) < 4.78 is 0. The first-order valence-electron chi connectivity index (χ1n) is 6.89. The van der Waals surface area contributed by atoms with Gasteiger partial charge in [-0.3, -0.25) is 9.88 Å². The molecule has 2 rings (SSSR count). The molecule has 0 saturated heterocycles. The first kappa shape index (κ1) is 14.7. The third-order valence-electron chi connectivity index (χ3n) is 3.27. The molecule has 0 aliphatic heterocycles. The predicted octanol–water partition coefficient (Wildman–Crippen LogP) is 2.86. The zero-order valence-electron chi connectivity index (χ0n) is 12.4. The summed E-state index contributed by atoms with van der Waals surface area (Å²) in [4.78, 5) is 6.39. The first-order chi connectivity index (χ1) is 9.54. The second-order valence-electron chi connectivity index (χ2n) is 5.45. The van der Waals surface area contributed by atoms with Crippen molar-refractivity contribution >= 4 is 0 Å². The summed E-state index contributed by atoms with van der Waals surface area (Å²) in [5.74, 6) is 0. The smallest absolute Gasteiger partial charge is 0.0917 e. The summed E-state index contributed by atoms with van der Waals surface area (Å²) in [6, 6.07) is 12.1. The Bertz CT molecular complexity index is 534. The Hall–Kier alpha value is -1.71. The number of hydrogen-bond acceptors (Lipinski definition) is 3. The van der Waals surface area contributed by atoms with Crippen molar-refractivity contribution < 1.29 is 5.11 Å². The Balaban J connectivity index is 1.98. The highest BCUT2D eigenvalue weighted by Gasteiger charge is 2.12. The van der Waals surface area contributed by atoms with Crippen LogP contribution in [0.25, 0.3) is 0 Å². The van der Waals surface area contributed by atoms with E-state index in [1.54, 1.807) is 6.20 Å². The molecule has 0 amide bonds. The number of aromatic nitrogens is 1. The highest BCUT2D eigenvalue weighted by atomic mass is 16.3. The Kier molecular flexibility index (Phi) is 4.88. The van der Waals surface area contributed by atoms with Crippen molar-refractivity contribution in [2.24, 2.45) is 0 Å². The molecule has 3 nitrogen and oxygen atoms in total. The van der Waals surface area contributed by atoms with E-state index in [0.29, 0.717) is 6.54 Å². The van der Waals surface area contributed by atoms with Crippen molar-refractivity contribution in [1.82, 2.24) is 9.88 Å². The van der Waals surface area contributed by atoms with E-state index < -0.39 is 6.10 Å². The van der Waals surface area contributed by atoms with Gasteiger partial charge in [0.15, 0.2) is 0 Å². The molecule has 1 aromatic carbocycles. The van der Waals surface area contributed by atoms with E-state index in [9.17, 15) is 5.11 Å². The first-order valence-corrected chi connectivity index (χ1v) is 6.89. The van der Waals surface area contributed by atoms with Gasteiger partial charge in [-0.25, -0.2) is 0 Å². The monoisotopic (exact) mass is 270 g/mol. The van der Waals surface area contributed by atoms with Crippen molar-refractivity contribution in [1.29, 1.82) is 0 Å². The van der Waals surface area contributed by atoms with Crippen LogP contribution in [-0.4, -0.2) is 28.6 Å². The minimum absolute atomic E-state index is 0.470. The van der Waals surface area contributed by atoms with Crippen molar-refractivity contribution in [2.45, 2.75) is 26.5 Å². The second kappa shape index (κ2) is 6.64. The molecular formula is C17H22N2O. The average Bonchev–Trinajstić information content (AvgIpc) is 2.38. The van der Waals surface area contributed by atoms with E-state index in [0.717, 1.165) is 17.8 Å². The van der Waals surface area contributed by atoms with Crippen LogP contribution >= 0.6 is 0 Å².